The second kappa shape index (κ2) is 7.39. The van der Waals surface area contributed by atoms with E-state index in [1.807, 2.05) is 36.4 Å². The standard InChI is InChI=1S/C14H20OS/c1-3-5-7-10-13(4-2)16(15)14-11-8-6-9-12-14/h4,6,8-9,11-13H,2-3,5,7,10H2,1H3. The average Bonchev–Trinajstić information content (AvgIpc) is 2.35. The largest absolute Gasteiger partial charge is 0.254 e. The molecule has 0 fully saturated rings. The van der Waals surface area contributed by atoms with Crippen molar-refractivity contribution >= 4 is 10.8 Å². The minimum absolute atomic E-state index is 0.0916. The van der Waals surface area contributed by atoms with Gasteiger partial charge in [0.2, 0.25) is 0 Å². The minimum Gasteiger partial charge on any atom is -0.254 e. The van der Waals surface area contributed by atoms with Crippen LogP contribution in [0.15, 0.2) is 47.9 Å². The molecule has 0 saturated carbocycles. The highest BCUT2D eigenvalue weighted by molar-refractivity contribution is 7.85. The molecule has 0 aromatic heterocycles. The van der Waals surface area contributed by atoms with E-state index in [1.165, 1.54) is 12.8 Å². The van der Waals surface area contributed by atoms with Gasteiger partial charge in [-0.2, -0.15) is 0 Å². The SMILES string of the molecule is C=CC(CCCCC)S(=O)c1ccccc1. The number of hydrogen-bond donors (Lipinski definition) is 0. The maximum atomic E-state index is 12.2. The Morgan fingerprint density at radius 1 is 1.31 bits per heavy atom. The van der Waals surface area contributed by atoms with Crippen molar-refractivity contribution in [3.63, 3.8) is 0 Å². The molecule has 0 aliphatic rings. The zero-order valence-corrected chi connectivity index (χ0v) is 10.7. The lowest BCUT2D eigenvalue weighted by Crippen LogP contribution is -2.12. The van der Waals surface area contributed by atoms with Crippen LogP contribution in [0.3, 0.4) is 0 Å². The van der Waals surface area contributed by atoms with Crippen molar-refractivity contribution in [1.82, 2.24) is 0 Å². The van der Waals surface area contributed by atoms with Crippen LogP contribution in [0, 0.1) is 0 Å². The van der Waals surface area contributed by atoms with Gasteiger partial charge in [0.05, 0.1) is 16.0 Å². The monoisotopic (exact) mass is 236 g/mol. The van der Waals surface area contributed by atoms with Gasteiger partial charge in [-0.15, -0.1) is 6.58 Å². The molecule has 0 radical (unpaired) electrons. The van der Waals surface area contributed by atoms with E-state index in [2.05, 4.69) is 13.5 Å². The highest BCUT2D eigenvalue weighted by atomic mass is 32.2. The molecule has 1 aromatic rings. The van der Waals surface area contributed by atoms with Crippen LogP contribution in [0.5, 0.6) is 0 Å². The molecule has 16 heavy (non-hydrogen) atoms. The third kappa shape index (κ3) is 3.93. The highest BCUT2D eigenvalue weighted by Crippen LogP contribution is 2.16. The van der Waals surface area contributed by atoms with Crippen molar-refractivity contribution in [1.29, 1.82) is 0 Å². The highest BCUT2D eigenvalue weighted by Gasteiger charge is 2.13. The predicted octanol–water partition coefficient (Wildman–Crippen LogP) is 3.93. The average molecular weight is 236 g/mol. The van der Waals surface area contributed by atoms with Crippen molar-refractivity contribution in [3.05, 3.63) is 43.0 Å². The second-order valence-electron chi connectivity index (χ2n) is 3.88. The van der Waals surface area contributed by atoms with Crippen LogP contribution < -0.4 is 0 Å². The molecule has 0 amide bonds. The molecule has 1 nitrogen and oxygen atoms in total. The second-order valence-corrected chi connectivity index (χ2v) is 5.55. The van der Waals surface area contributed by atoms with Crippen molar-refractivity contribution in [2.24, 2.45) is 0 Å². The van der Waals surface area contributed by atoms with Crippen LogP contribution in [-0.4, -0.2) is 9.46 Å². The van der Waals surface area contributed by atoms with Gasteiger partial charge in [0.15, 0.2) is 0 Å². The van der Waals surface area contributed by atoms with Gasteiger partial charge in [-0.3, -0.25) is 4.21 Å². The van der Waals surface area contributed by atoms with E-state index < -0.39 is 10.8 Å². The summed E-state index contributed by atoms with van der Waals surface area (Å²) in [7, 11) is -0.943. The Kier molecular flexibility index (Phi) is 6.09. The topological polar surface area (TPSA) is 17.1 Å². The summed E-state index contributed by atoms with van der Waals surface area (Å²) in [5.74, 6) is 0. The summed E-state index contributed by atoms with van der Waals surface area (Å²) >= 11 is 0. The Labute approximate surface area is 101 Å². The Bertz CT molecular complexity index is 332. The molecule has 0 aliphatic heterocycles. The van der Waals surface area contributed by atoms with E-state index in [0.29, 0.717) is 0 Å². The molecule has 2 unspecified atom stereocenters. The number of hydrogen-bond acceptors (Lipinski definition) is 1. The van der Waals surface area contributed by atoms with Gasteiger partial charge in [-0.05, 0) is 18.6 Å². The summed E-state index contributed by atoms with van der Waals surface area (Å²) in [5.41, 5.74) is 0. The van der Waals surface area contributed by atoms with Gasteiger partial charge in [0.25, 0.3) is 0 Å². The fourth-order valence-electron chi connectivity index (χ4n) is 1.64. The summed E-state index contributed by atoms with van der Waals surface area (Å²) in [6, 6.07) is 9.65. The van der Waals surface area contributed by atoms with Gasteiger partial charge in [0.1, 0.15) is 0 Å². The lowest BCUT2D eigenvalue weighted by molar-refractivity contribution is 0.648. The molecule has 2 heteroatoms. The molecule has 0 spiro atoms. The smallest absolute Gasteiger partial charge is 0.0599 e. The summed E-state index contributed by atoms with van der Waals surface area (Å²) in [5, 5.41) is 0.0916. The first kappa shape index (κ1) is 13.2. The Balaban J connectivity index is 2.59. The van der Waals surface area contributed by atoms with Crippen molar-refractivity contribution < 1.29 is 4.21 Å². The van der Waals surface area contributed by atoms with Crippen LogP contribution in [0.2, 0.25) is 0 Å². The Hall–Kier alpha value is -0.890. The fourth-order valence-corrected chi connectivity index (χ4v) is 2.97. The van der Waals surface area contributed by atoms with Crippen LogP contribution in [-0.2, 0) is 10.8 Å². The van der Waals surface area contributed by atoms with Crippen molar-refractivity contribution in [2.75, 3.05) is 0 Å². The summed E-state index contributed by atoms with van der Waals surface area (Å²) in [6.45, 7) is 5.97. The molecular formula is C14H20OS. The first-order valence-electron chi connectivity index (χ1n) is 5.87. The van der Waals surface area contributed by atoms with Crippen LogP contribution in [0.25, 0.3) is 0 Å². The predicted molar refractivity (Wildman–Crippen MR) is 71.0 cm³/mol. The molecule has 88 valence electrons. The fraction of sp³-hybridized carbons (Fsp3) is 0.429. The van der Waals surface area contributed by atoms with E-state index in [1.54, 1.807) is 0 Å². The molecule has 0 saturated heterocycles. The quantitative estimate of drug-likeness (QED) is 0.518. The normalized spacial score (nSPS) is 14.3. The Morgan fingerprint density at radius 3 is 2.56 bits per heavy atom. The first-order valence-corrected chi connectivity index (χ1v) is 7.09. The number of benzene rings is 1. The number of unbranched alkanes of at least 4 members (excludes halogenated alkanes) is 2. The van der Waals surface area contributed by atoms with E-state index in [0.717, 1.165) is 17.7 Å². The van der Waals surface area contributed by atoms with Crippen LogP contribution in [0.1, 0.15) is 32.6 Å². The zero-order valence-electron chi connectivity index (χ0n) is 9.89. The lowest BCUT2D eigenvalue weighted by atomic mass is 10.1. The van der Waals surface area contributed by atoms with Gasteiger partial charge in [-0.1, -0.05) is 50.5 Å². The van der Waals surface area contributed by atoms with Crippen molar-refractivity contribution in [2.45, 2.75) is 42.8 Å². The van der Waals surface area contributed by atoms with Gasteiger partial charge in [-0.25, -0.2) is 0 Å². The maximum absolute atomic E-state index is 12.2. The summed E-state index contributed by atoms with van der Waals surface area (Å²) in [4.78, 5) is 0.906. The van der Waals surface area contributed by atoms with Gasteiger partial charge >= 0.3 is 0 Å². The van der Waals surface area contributed by atoms with Crippen LogP contribution in [0.4, 0.5) is 0 Å². The van der Waals surface area contributed by atoms with E-state index in [4.69, 9.17) is 0 Å². The summed E-state index contributed by atoms with van der Waals surface area (Å²) in [6.07, 6.45) is 6.33. The van der Waals surface area contributed by atoms with E-state index >= 15 is 0 Å². The van der Waals surface area contributed by atoms with Crippen molar-refractivity contribution in [3.8, 4) is 0 Å². The zero-order chi connectivity index (χ0) is 11.8. The molecule has 0 N–H and O–H groups in total. The third-order valence-electron chi connectivity index (χ3n) is 2.61. The van der Waals surface area contributed by atoms with Gasteiger partial charge < -0.3 is 0 Å². The lowest BCUT2D eigenvalue weighted by Gasteiger charge is -2.11. The molecule has 0 aliphatic carbocycles. The minimum atomic E-state index is -0.943. The van der Waals surface area contributed by atoms with E-state index in [-0.39, 0.29) is 5.25 Å². The maximum Gasteiger partial charge on any atom is 0.0599 e. The third-order valence-corrected chi connectivity index (χ3v) is 4.32. The number of rotatable bonds is 7. The van der Waals surface area contributed by atoms with Crippen LogP contribution >= 0.6 is 0 Å². The van der Waals surface area contributed by atoms with Gasteiger partial charge in [0, 0.05) is 4.90 Å². The molecule has 0 bridgehead atoms. The molecule has 1 rings (SSSR count). The molecule has 1 aromatic carbocycles. The molecular weight excluding hydrogens is 216 g/mol. The Morgan fingerprint density at radius 2 is 2.00 bits per heavy atom. The first-order chi connectivity index (χ1) is 7.79. The molecule has 2 atom stereocenters. The van der Waals surface area contributed by atoms with E-state index in [9.17, 15) is 4.21 Å². The summed E-state index contributed by atoms with van der Waals surface area (Å²) < 4.78 is 12.2. The molecule has 0 heterocycles.